The number of carbonyl (C=O) groups excluding carboxylic acids is 1. The van der Waals surface area contributed by atoms with Crippen LogP contribution in [0.4, 0.5) is 4.39 Å². The Balaban J connectivity index is 1.72. The number of rotatable bonds is 4. The highest BCUT2D eigenvalue weighted by Gasteiger charge is 2.19. The maximum Gasteiger partial charge on any atom is 0.262 e. The van der Waals surface area contributed by atoms with Gasteiger partial charge in [-0.05, 0) is 63.9 Å². The summed E-state index contributed by atoms with van der Waals surface area (Å²) >= 11 is 1.48. The highest BCUT2D eigenvalue weighted by atomic mass is 32.1. The van der Waals surface area contributed by atoms with Crippen LogP contribution in [0.25, 0.3) is 15.9 Å². The number of carbonyl (C=O) groups is 1. The predicted molar refractivity (Wildman–Crippen MR) is 118 cm³/mol. The third kappa shape index (κ3) is 3.19. The number of halogens is 1. The summed E-state index contributed by atoms with van der Waals surface area (Å²) in [5, 5.41) is 0.577. The summed E-state index contributed by atoms with van der Waals surface area (Å²) in [7, 11) is 0. The summed E-state index contributed by atoms with van der Waals surface area (Å²) in [4.78, 5) is 32.1. The van der Waals surface area contributed by atoms with Gasteiger partial charge < -0.3 is 4.57 Å². The molecule has 0 aliphatic carbocycles. The normalized spacial score (nSPS) is 11.4. The SMILES string of the molecule is Cc1ccc(-n2c(C)cc(C(=O)Cn3cnc4sc(C)c(C)c4c3=O)c2C)cc1F. The lowest BCUT2D eigenvalue weighted by molar-refractivity contribution is 0.0970. The summed E-state index contributed by atoms with van der Waals surface area (Å²) in [6, 6.07) is 6.80. The van der Waals surface area contributed by atoms with Gasteiger partial charge in [-0.3, -0.25) is 14.2 Å². The first-order valence-corrected chi connectivity index (χ1v) is 10.4. The Morgan fingerprint density at radius 1 is 1.13 bits per heavy atom. The van der Waals surface area contributed by atoms with Gasteiger partial charge >= 0.3 is 0 Å². The molecule has 0 amide bonds. The molecule has 1 aromatic carbocycles. The standard InChI is InChI=1S/C23H22FN3O2S/c1-12-6-7-17(9-19(12)24)27-13(2)8-18(15(27)4)20(28)10-26-11-25-22-21(23(26)29)14(3)16(5)30-22/h6-9,11H,10H2,1-5H3. The number of hydrogen-bond donors (Lipinski definition) is 0. The van der Waals surface area contributed by atoms with E-state index in [9.17, 15) is 14.0 Å². The van der Waals surface area contributed by atoms with Gasteiger partial charge in [0.15, 0.2) is 5.78 Å². The summed E-state index contributed by atoms with van der Waals surface area (Å²) in [5.41, 5.74) is 3.99. The van der Waals surface area contributed by atoms with Crippen molar-refractivity contribution in [1.82, 2.24) is 14.1 Å². The predicted octanol–water partition coefficient (Wildman–Crippen LogP) is 4.81. The van der Waals surface area contributed by atoms with Crippen molar-refractivity contribution >= 4 is 27.3 Å². The molecule has 3 heterocycles. The van der Waals surface area contributed by atoms with Crippen molar-refractivity contribution in [3.8, 4) is 5.69 Å². The van der Waals surface area contributed by atoms with Crippen LogP contribution in [-0.4, -0.2) is 19.9 Å². The van der Waals surface area contributed by atoms with Crippen LogP contribution in [0, 0.1) is 40.4 Å². The Bertz CT molecular complexity index is 1380. The number of benzene rings is 1. The van der Waals surface area contributed by atoms with Gasteiger partial charge in [0.1, 0.15) is 10.6 Å². The van der Waals surface area contributed by atoms with E-state index in [2.05, 4.69) is 4.98 Å². The van der Waals surface area contributed by atoms with Gasteiger partial charge in [0.25, 0.3) is 5.56 Å². The summed E-state index contributed by atoms with van der Waals surface area (Å²) in [5.74, 6) is -0.477. The smallest absolute Gasteiger partial charge is 0.262 e. The third-order valence-corrected chi connectivity index (χ3v) is 6.73. The lowest BCUT2D eigenvalue weighted by atomic mass is 10.1. The Morgan fingerprint density at radius 3 is 2.57 bits per heavy atom. The van der Waals surface area contributed by atoms with E-state index in [1.165, 1.54) is 28.3 Å². The van der Waals surface area contributed by atoms with Crippen molar-refractivity contribution in [2.75, 3.05) is 0 Å². The fourth-order valence-corrected chi connectivity index (χ4v) is 4.77. The molecule has 154 valence electrons. The van der Waals surface area contributed by atoms with Gasteiger partial charge in [0, 0.05) is 27.5 Å². The number of nitrogens with zero attached hydrogens (tertiary/aromatic N) is 3. The van der Waals surface area contributed by atoms with E-state index in [1.807, 2.05) is 38.3 Å². The van der Waals surface area contributed by atoms with Crippen LogP contribution in [0.5, 0.6) is 0 Å². The van der Waals surface area contributed by atoms with Crippen molar-refractivity contribution in [1.29, 1.82) is 0 Å². The molecule has 30 heavy (non-hydrogen) atoms. The zero-order chi connectivity index (χ0) is 21.7. The molecule has 7 heteroatoms. The molecule has 4 aromatic rings. The van der Waals surface area contributed by atoms with Crippen LogP contribution < -0.4 is 5.56 Å². The minimum absolute atomic E-state index is 0.0946. The second-order valence-electron chi connectivity index (χ2n) is 7.62. The fraction of sp³-hybridized carbons (Fsp3) is 0.261. The topological polar surface area (TPSA) is 56.9 Å². The largest absolute Gasteiger partial charge is 0.318 e. The van der Waals surface area contributed by atoms with E-state index in [-0.39, 0.29) is 23.7 Å². The Hall–Kier alpha value is -3.06. The molecular weight excluding hydrogens is 401 g/mol. The molecule has 0 atom stereocenters. The van der Waals surface area contributed by atoms with E-state index in [0.29, 0.717) is 32.7 Å². The van der Waals surface area contributed by atoms with Crippen LogP contribution >= 0.6 is 11.3 Å². The van der Waals surface area contributed by atoms with Crippen LogP contribution in [0.15, 0.2) is 35.4 Å². The van der Waals surface area contributed by atoms with Gasteiger partial charge in [-0.15, -0.1) is 11.3 Å². The molecule has 0 saturated carbocycles. The number of fused-ring (bicyclic) bond motifs is 1. The molecule has 0 aliphatic heterocycles. The van der Waals surface area contributed by atoms with Gasteiger partial charge in [0.05, 0.1) is 18.3 Å². The summed E-state index contributed by atoms with van der Waals surface area (Å²) in [6.07, 6.45) is 1.44. The van der Waals surface area contributed by atoms with Gasteiger partial charge in [0.2, 0.25) is 0 Å². The van der Waals surface area contributed by atoms with Gasteiger partial charge in [-0.25, -0.2) is 9.37 Å². The molecule has 0 aliphatic rings. The van der Waals surface area contributed by atoms with Crippen molar-refractivity contribution in [2.24, 2.45) is 0 Å². The van der Waals surface area contributed by atoms with Gasteiger partial charge in [-0.2, -0.15) is 0 Å². The molecule has 0 radical (unpaired) electrons. The molecule has 5 nitrogen and oxygen atoms in total. The number of hydrogen-bond acceptors (Lipinski definition) is 4. The van der Waals surface area contributed by atoms with Crippen molar-refractivity contribution in [2.45, 2.75) is 41.2 Å². The first-order chi connectivity index (χ1) is 14.2. The average Bonchev–Trinajstić information content (AvgIpc) is 3.16. The quantitative estimate of drug-likeness (QED) is 0.443. The average molecular weight is 424 g/mol. The van der Waals surface area contributed by atoms with Gasteiger partial charge in [-0.1, -0.05) is 6.07 Å². The molecule has 0 N–H and O–H groups in total. The van der Waals surface area contributed by atoms with E-state index in [1.54, 1.807) is 19.1 Å². The fourth-order valence-electron chi connectivity index (χ4n) is 3.79. The van der Waals surface area contributed by atoms with E-state index < -0.39 is 0 Å². The Labute approximate surface area is 177 Å². The minimum atomic E-state index is -0.291. The highest BCUT2D eigenvalue weighted by molar-refractivity contribution is 7.18. The lowest BCUT2D eigenvalue weighted by Gasteiger charge is -2.11. The number of aryl methyl sites for hydroxylation is 4. The third-order valence-electron chi connectivity index (χ3n) is 5.61. The van der Waals surface area contributed by atoms with Crippen LogP contribution in [0.1, 0.15) is 37.7 Å². The number of aromatic nitrogens is 3. The Morgan fingerprint density at radius 2 is 1.87 bits per heavy atom. The molecule has 3 aromatic heterocycles. The zero-order valence-electron chi connectivity index (χ0n) is 17.5. The first-order valence-electron chi connectivity index (χ1n) is 9.63. The molecule has 0 fully saturated rings. The summed E-state index contributed by atoms with van der Waals surface area (Å²) < 4.78 is 17.3. The number of Topliss-reactive ketones (excluding diaryl/α,β-unsaturated/α-hetero) is 1. The molecule has 0 unspecified atom stereocenters. The second-order valence-corrected chi connectivity index (χ2v) is 8.82. The zero-order valence-corrected chi connectivity index (χ0v) is 18.4. The Kier molecular flexibility index (Phi) is 4.94. The maximum atomic E-state index is 14.1. The van der Waals surface area contributed by atoms with Crippen molar-refractivity contribution < 1.29 is 9.18 Å². The molecule has 0 bridgehead atoms. The lowest BCUT2D eigenvalue weighted by Crippen LogP contribution is -2.24. The van der Waals surface area contributed by atoms with Crippen LogP contribution in [0.2, 0.25) is 0 Å². The number of ketones is 1. The number of thiophene rings is 1. The van der Waals surface area contributed by atoms with E-state index >= 15 is 0 Å². The van der Waals surface area contributed by atoms with E-state index in [4.69, 9.17) is 0 Å². The molecule has 0 spiro atoms. The van der Waals surface area contributed by atoms with Crippen molar-refractivity contribution in [3.05, 3.63) is 79.7 Å². The summed E-state index contributed by atoms with van der Waals surface area (Å²) in [6.45, 7) is 9.18. The maximum absolute atomic E-state index is 14.1. The van der Waals surface area contributed by atoms with Crippen molar-refractivity contribution in [3.63, 3.8) is 0 Å². The van der Waals surface area contributed by atoms with Crippen LogP contribution in [-0.2, 0) is 6.54 Å². The monoisotopic (exact) mass is 423 g/mol. The molecular formula is C23H22FN3O2S. The first kappa shape index (κ1) is 20.2. The highest BCUT2D eigenvalue weighted by Crippen LogP contribution is 2.26. The van der Waals surface area contributed by atoms with E-state index in [0.717, 1.165) is 16.1 Å². The van der Waals surface area contributed by atoms with Crippen LogP contribution in [0.3, 0.4) is 0 Å². The second kappa shape index (κ2) is 7.32. The molecule has 0 saturated heterocycles. The molecule has 4 rings (SSSR count). The minimum Gasteiger partial charge on any atom is -0.318 e.